The Kier molecular flexibility index (Phi) is 6.53. The Morgan fingerprint density at radius 1 is 1.25 bits per heavy atom. The van der Waals surface area contributed by atoms with Crippen LogP contribution in [0.2, 0.25) is 0 Å². The minimum Gasteiger partial charge on any atom is -0.497 e. The molecule has 1 saturated heterocycles. The number of urea groups is 1. The molecule has 152 valence electrons. The number of ether oxygens (including phenoxy) is 2. The number of nitrogens with zero attached hydrogens (tertiary/aromatic N) is 2. The number of carbonyl (C=O) groups is 2. The molecular weight excluding hydrogens is 360 g/mol. The van der Waals surface area contributed by atoms with Crippen molar-refractivity contribution >= 4 is 12.0 Å². The van der Waals surface area contributed by atoms with Gasteiger partial charge in [0, 0.05) is 38.4 Å². The number of hydrogen-bond donors (Lipinski definition) is 2. The van der Waals surface area contributed by atoms with Crippen LogP contribution in [0.4, 0.5) is 4.79 Å². The maximum absolute atomic E-state index is 12.8. The average molecular weight is 388 g/mol. The average Bonchev–Trinajstić information content (AvgIpc) is 2.69. The van der Waals surface area contributed by atoms with Crippen molar-refractivity contribution < 1.29 is 19.1 Å². The van der Waals surface area contributed by atoms with Gasteiger partial charge in [-0.3, -0.25) is 4.90 Å². The van der Waals surface area contributed by atoms with Gasteiger partial charge >= 0.3 is 12.0 Å². The Morgan fingerprint density at radius 2 is 2.00 bits per heavy atom. The number of rotatable bonds is 6. The van der Waals surface area contributed by atoms with Gasteiger partial charge in [0.25, 0.3) is 0 Å². The van der Waals surface area contributed by atoms with Gasteiger partial charge in [0.15, 0.2) is 0 Å². The molecule has 0 bridgehead atoms. The van der Waals surface area contributed by atoms with Crippen LogP contribution in [0, 0.1) is 0 Å². The van der Waals surface area contributed by atoms with Crippen molar-refractivity contribution in [3.63, 3.8) is 0 Å². The molecule has 0 spiro atoms. The molecule has 0 aliphatic carbocycles. The lowest BCUT2D eigenvalue weighted by Crippen LogP contribution is -2.51. The molecule has 3 rings (SSSR count). The molecule has 2 heterocycles. The quantitative estimate of drug-likeness (QED) is 0.711. The van der Waals surface area contributed by atoms with Gasteiger partial charge in [-0.25, -0.2) is 9.59 Å². The van der Waals surface area contributed by atoms with Crippen LogP contribution >= 0.6 is 0 Å². The molecule has 0 aromatic heterocycles. The second-order valence-corrected chi connectivity index (χ2v) is 7.00. The topological polar surface area (TPSA) is 83.1 Å². The molecule has 1 aromatic rings. The standard InChI is InChI=1S/C20H28N4O4/c1-4-28-19(25)17-16(13-24-10-8-23(2)9-11-24)21-20(26)22-18(17)14-6-5-7-15(12-14)27-3/h5-7,12,18H,4,8-11,13H2,1-3H3,(H2,21,22,26). The fraction of sp³-hybridized carbons (Fsp3) is 0.500. The summed E-state index contributed by atoms with van der Waals surface area (Å²) in [6, 6.07) is 6.43. The highest BCUT2D eigenvalue weighted by atomic mass is 16.5. The van der Waals surface area contributed by atoms with E-state index in [1.807, 2.05) is 24.3 Å². The Morgan fingerprint density at radius 3 is 2.68 bits per heavy atom. The Balaban J connectivity index is 1.96. The number of piperazine rings is 1. The zero-order valence-electron chi connectivity index (χ0n) is 16.7. The van der Waals surface area contributed by atoms with E-state index in [-0.39, 0.29) is 12.6 Å². The lowest BCUT2D eigenvalue weighted by molar-refractivity contribution is -0.139. The predicted octanol–water partition coefficient (Wildman–Crippen LogP) is 1.11. The van der Waals surface area contributed by atoms with Crippen molar-refractivity contribution in [3.8, 4) is 5.75 Å². The normalized spacial score (nSPS) is 21.1. The zero-order chi connectivity index (χ0) is 20.1. The number of esters is 1. The van der Waals surface area contributed by atoms with Crippen LogP contribution in [-0.4, -0.2) is 75.3 Å². The number of nitrogens with one attached hydrogen (secondary N) is 2. The summed E-state index contributed by atoms with van der Waals surface area (Å²) >= 11 is 0. The lowest BCUT2D eigenvalue weighted by atomic mass is 9.94. The summed E-state index contributed by atoms with van der Waals surface area (Å²) in [4.78, 5) is 29.7. The van der Waals surface area contributed by atoms with E-state index < -0.39 is 12.0 Å². The van der Waals surface area contributed by atoms with E-state index in [2.05, 4.69) is 27.5 Å². The summed E-state index contributed by atoms with van der Waals surface area (Å²) in [5.41, 5.74) is 1.81. The lowest BCUT2D eigenvalue weighted by Gasteiger charge is -2.35. The third-order valence-electron chi connectivity index (χ3n) is 5.05. The van der Waals surface area contributed by atoms with Crippen LogP contribution in [0.3, 0.4) is 0 Å². The summed E-state index contributed by atoms with van der Waals surface area (Å²) in [7, 11) is 3.67. The maximum Gasteiger partial charge on any atom is 0.338 e. The van der Waals surface area contributed by atoms with Crippen LogP contribution in [0.25, 0.3) is 0 Å². The van der Waals surface area contributed by atoms with Gasteiger partial charge < -0.3 is 25.0 Å². The SMILES string of the molecule is CCOC(=O)C1=C(CN2CCN(C)CC2)NC(=O)NC1c1cccc(OC)c1. The Labute approximate surface area is 165 Å². The molecule has 1 fully saturated rings. The molecule has 0 radical (unpaired) electrons. The molecule has 1 unspecified atom stereocenters. The van der Waals surface area contributed by atoms with Gasteiger partial charge in [-0.05, 0) is 31.7 Å². The smallest absolute Gasteiger partial charge is 0.338 e. The first-order chi connectivity index (χ1) is 13.5. The van der Waals surface area contributed by atoms with Crippen molar-refractivity contribution in [2.24, 2.45) is 0 Å². The number of likely N-dealkylation sites (N-methyl/N-ethyl adjacent to an activating group) is 1. The van der Waals surface area contributed by atoms with Crippen molar-refractivity contribution in [2.45, 2.75) is 13.0 Å². The van der Waals surface area contributed by atoms with Gasteiger partial charge in [-0.2, -0.15) is 0 Å². The summed E-state index contributed by atoms with van der Waals surface area (Å²) in [6.07, 6.45) is 0. The molecule has 1 aromatic carbocycles. The van der Waals surface area contributed by atoms with Crippen LogP contribution < -0.4 is 15.4 Å². The van der Waals surface area contributed by atoms with E-state index >= 15 is 0 Å². The van der Waals surface area contributed by atoms with Crippen LogP contribution in [0.15, 0.2) is 35.5 Å². The van der Waals surface area contributed by atoms with Crippen LogP contribution in [0.5, 0.6) is 5.75 Å². The van der Waals surface area contributed by atoms with E-state index in [0.29, 0.717) is 23.6 Å². The molecule has 8 nitrogen and oxygen atoms in total. The largest absolute Gasteiger partial charge is 0.497 e. The maximum atomic E-state index is 12.8. The van der Waals surface area contributed by atoms with Gasteiger partial charge in [-0.15, -0.1) is 0 Å². The number of carbonyl (C=O) groups excluding carboxylic acids is 2. The fourth-order valence-electron chi connectivity index (χ4n) is 3.49. The molecule has 2 N–H and O–H groups in total. The molecule has 0 saturated carbocycles. The third kappa shape index (κ3) is 4.63. The highest BCUT2D eigenvalue weighted by Crippen LogP contribution is 2.30. The fourth-order valence-corrected chi connectivity index (χ4v) is 3.49. The van der Waals surface area contributed by atoms with Crippen molar-refractivity contribution in [1.82, 2.24) is 20.4 Å². The van der Waals surface area contributed by atoms with Crippen molar-refractivity contribution in [2.75, 3.05) is 53.5 Å². The first-order valence-corrected chi connectivity index (χ1v) is 9.54. The second-order valence-electron chi connectivity index (χ2n) is 7.00. The van der Waals surface area contributed by atoms with Crippen molar-refractivity contribution in [3.05, 3.63) is 41.1 Å². The summed E-state index contributed by atoms with van der Waals surface area (Å²) < 4.78 is 10.6. The first-order valence-electron chi connectivity index (χ1n) is 9.54. The van der Waals surface area contributed by atoms with E-state index in [1.54, 1.807) is 14.0 Å². The Hall–Kier alpha value is -2.58. The first kappa shape index (κ1) is 20.2. The summed E-state index contributed by atoms with van der Waals surface area (Å²) in [6.45, 7) is 6.19. The molecule has 28 heavy (non-hydrogen) atoms. The summed E-state index contributed by atoms with van der Waals surface area (Å²) in [5, 5.41) is 5.69. The van der Waals surface area contributed by atoms with E-state index in [1.165, 1.54) is 0 Å². The molecule has 2 amide bonds. The molecule has 1 atom stereocenters. The molecule has 2 aliphatic heterocycles. The Bertz CT molecular complexity index is 756. The van der Waals surface area contributed by atoms with E-state index in [9.17, 15) is 9.59 Å². The molecule has 8 heteroatoms. The van der Waals surface area contributed by atoms with Gasteiger partial charge in [0.1, 0.15) is 5.75 Å². The number of amides is 2. The van der Waals surface area contributed by atoms with Crippen molar-refractivity contribution in [1.29, 1.82) is 0 Å². The minimum atomic E-state index is -0.592. The van der Waals surface area contributed by atoms with Gasteiger partial charge in [-0.1, -0.05) is 12.1 Å². The highest BCUT2D eigenvalue weighted by Gasteiger charge is 2.34. The second kappa shape index (κ2) is 9.07. The monoisotopic (exact) mass is 388 g/mol. The van der Waals surface area contributed by atoms with E-state index in [0.717, 1.165) is 31.7 Å². The third-order valence-corrected chi connectivity index (χ3v) is 5.05. The minimum absolute atomic E-state index is 0.267. The predicted molar refractivity (Wildman–Crippen MR) is 105 cm³/mol. The highest BCUT2D eigenvalue weighted by molar-refractivity contribution is 5.95. The van der Waals surface area contributed by atoms with Gasteiger partial charge in [0.05, 0.1) is 25.3 Å². The number of hydrogen-bond acceptors (Lipinski definition) is 6. The van der Waals surface area contributed by atoms with Crippen LogP contribution in [0.1, 0.15) is 18.5 Å². The number of benzene rings is 1. The number of methoxy groups -OCH3 is 1. The summed E-state index contributed by atoms with van der Waals surface area (Å²) in [5.74, 6) is 0.237. The zero-order valence-corrected chi connectivity index (χ0v) is 16.7. The molecular formula is C20H28N4O4. The molecule has 2 aliphatic rings. The van der Waals surface area contributed by atoms with Gasteiger partial charge in [0.2, 0.25) is 0 Å². The van der Waals surface area contributed by atoms with E-state index in [4.69, 9.17) is 9.47 Å². The van der Waals surface area contributed by atoms with Crippen LogP contribution in [-0.2, 0) is 9.53 Å².